The topological polar surface area (TPSA) is 38.3 Å². The normalized spacial score (nSPS) is 16.5. The number of anilines is 1. The van der Waals surface area contributed by atoms with Crippen LogP contribution in [0.5, 0.6) is 5.75 Å². The van der Waals surface area contributed by atoms with Gasteiger partial charge in [-0.1, -0.05) is 19.1 Å². The first-order chi connectivity index (χ1) is 8.42. The maximum Gasteiger partial charge on any atom is 0.230 e. The molecule has 1 saturated carbocycles. The van der Waals surface area contributed by atoms with E-state index >= 15 is 0 Å². The van der Waals surface area contributed by atoms with Crippen molar-refractivity contribution < 1.29 is 9.53 Å². The molecule has 0 aromatic heterocycles. The fraction of sp³-hybridized carbons (Fsp3) is 0.533. The molecule has 0 heterocycles. The van der Waals surface area contributed by atoms with Crippen LogP contribution in [-0.4, -0.2) is 12.0 Å². The summed E-state index contributed by atoms with van der Waals surface area (Å²) in [5.74, 6) is 0.881. The lowest BCUT2D eigenvalue weighted by molar-refractivity contribution is -0.120. The summed E-state index contributed by atoms with van der Waals surface area (Å²) in [4.78, 5) is 12.1. The highest BCUT2D eigenvalue weighted by Crippen LogP contribution is 2.46. The van der Waals surface area contributed by atoms with Crippen LogP contribution in [0.1, 0.15) is 39.2 Å². The highest BCUT2D eigenvalue weighted by molar-refractivity contribution is 5.98. The smallest absolute Gasteiger partial charge is 0.230 e. The van der Waals surface area contributed by atoms with Crippen LogP contribution in [0.2, 0.25) is 0 Å². The largest absolute Gasteiger partial charge is 0.489 e. The van der Waals surface area contributed by atoms with E-state index in [1.54, 1.807) is 0 Å². The second-order valence-electron chi connectivity index (χ2n) is 5.63. The van der Waals surface area contributed by atoms with Gasteiger partial charge in [-0.2, -0.15) is 0 Å². The molecule has 3 heteroatoms. The average Bonchev–Trinajstić information content (AvgIpc) is 3.02. The van der Waals surface area contributed by atoms with Crippen LogP contribution in [0.3, 0.4) is 0 Å². The minimum atomic E-state index is -0.168. The van der Waals surface area contributed by atoms with E-state index in [1.165, 1.54) is 0 Å². The molecule has 0 unspecified atom stereocenters. The van der Waals surface area contributed by atoms with Gasteiger partial charge in [0.25, 0.3) is 0 Å². The molecule has 3 nitrogen and oxygen atoms in total. The van der Waals surface area contributed by atoms with Crippen molar-refractivity contribution in [1.82, 2.24) is 0 Å². The predicted octanol–water partition coefficient (Wildman–Crippen LogP) is 3.52. The molecule has 2 rings (SSSR count). The summed E-state index contributed by atoms with van der Waals surface area (Å²) in [7, 11) is 0. The monoisotopic (exact) mass is 247 g/mol. The van der Waals surface area contributed by atoms with Crippen molar-refractivity contribution in [3.8, 4) is 5.75 Å². The van der Waals surface area contributed by atoms with Gasteiger partial charge in [0.1, 0.15) is 5.75 Å². The van der Waals surface area contributed by atoms with Gasteiger partial charge < -0.3 is 10.1 Å². The molecule has 0 atom stereocenters. The zero-order valence-corrected chi connectivity index (χ0v) is 11.5. The summed E-state index contributed by atoms with van der Waals surface area (Å²) in [5, 5.41) is 3.00. The standard InChI is InChI=1S/C15H21NO2/c1-10(2)18-13-11(3)6-5-7-12(13)16-14(17)15(4)8-9-15/h5-7,10H,8-9H2,1-4H3,(H,16,17). The van der Waals surface area contributed by atoms with E-state index in [-0.39, 0.29) is 17.4 Å². The molecule has 1 N–H and O–H groups in total. The molecule has 1 aromatic rings. The maximum atomic E-state index is 12.1. The number of amides is 1. The summed E-state index contributed by atoms with van der Waals surface area (Å²) < 4.78 is 5.80. The average molecular weight is 247 g/mol. The Labute approximate surface area is 109 Å². The van der Waals surface area contributed by atoms with Gasteiger partial charge >= 0.3 is 0 Å². The van der Waals surface area contributed by atoms with Crippen LogP contribution >= 0.6 is 0 Å². The predicted molar refractivity (Wildman–Crippen MR) is 72.9 cm³/mol. The lowest BCUT2D eigenvalue weighted by atomic mass is 10.1. The number of para-hydroxylation sites is 1. The Kier molecular flexibility index (Phi) is 3.33. The van der Waals surface area contributed by atoms with Crippen LogP contribution in [0.15, 0.2) is 18.2 Å². The maximum absolute atomic E-state index is 12.1. The lowest BCUT2D eigenvalue weighted by Gasteiger charge is -2.18. The third kappa shape index (κ3) is 2.66. The van der Waals surface area contributed by atoms with Gasteiger partial charge in [-0.3, -0.25) is 4.79 Å². The summed E-state index contributed by atoms with van der Waals surface area (Å²) in [6.45, 7) is 7.97. The Morgan fingerprint density at radius 2 is 2.06 bits per heavy atom. The number of hydrogen-bond acceptors (Lipinski definition) is 2. The van der Waals surface area contributed by atoms with Crippen molar-refractivity contribution in [3.63, 3.8) is 0 Å². The number of benzene rings is 1. The number of rotatable bonds is 4. The number of aryl methyl sites for hydroxylation is 1. The molecule has 1 aliphatic carbocycles. The quantitative estimate of drug-likeness (QED) is 0.884. The molecule has 0 saturated heterocycles. The fourth-order valence-electron chi connectivity index (χ4n) is 1.83. The van der Waals surface area contributed by atoms with E-state index in [1.807, 2.05) is 45.9 Å². The summed E-state index contributed by atoms with van der Waals surface area (Å²) in [6.07, 6.45) is 2.05. The van der Waals surface area contributed by atoms with Gasteiger partial charge in [0.15, 0.2) is 0 Å². The lowest BCUT2D eigenvalue weighted by Crippen LogP contribution is -2.22. The van der Waals surface area contributed by atoms with E-state index in [0.29, 0.717) is 0 Å². The van der Waals surface area contributed by atoms with Crippen molar-refractivity contribution in [2.24, 2.45) is 5.41 Å². The van der Waals surface area contributed by atoms with Gasteiger partial charge in [0.2, 0.25) is 5.91 Å². The SMILES string of the molecule is Cc1cccc(NC(=O)C2(C)CC2)c1OC(C)C. The first-order valence-corrected chi connectivity index (χ1v) is 6.50. The Balaban J connectivity index is 2.21. The molecule has 0 radical (unpaired) electrons. The highest BCUT2D eigenvalue weighted by atomic mass is 16.5. The first kappa shape index (κ1) is 12.9. The molecule has 1 aromatic carbocycles. The van der Waals surface area contributed by atoms with E-state index in [4.69, 9.17) is 4.74 Å². The number of hydrogen-bond donors (Lipinski definition) is 1. The minimum Gasteiger partial charge on any atom is -0.489 e. The van der Waals surface area contributed by atoms with E-state index in [2.05, 4.69) is 5.32 Å². The van der Waals surface area contributed by atoms with Gasteiger partial charge in [0.05, 0.1) is 11.8 Å². The number of nitrogens with one attached hydrogen (secondary N) is 1. The van der Waals surface area contributed by atoms with E-state index in [0.717, 1.165) is 29.8 Å². The fourth-order valence-corrected chi connectivity index (χ4v) is 1.83. The Morgan fingerprint density at radius 3 is 2.61 bits per heavy atom. The summed E-state index contributed by atoms with van der Waals surface area (Å²) in [6, 6.07) is 5.83. The zero-order valence-electron chi connectivity index (χ0n) is 11.5. The van der Waals surface area contributed by atoms with Crippen molar-refractivity contribution in [3.05, 3.63) is 23.8 Å². The molecule has 1 aliphatic rings. The van der Waals surface area contributed by atoms with Crippen LogP contribution in [0, 0.1) is 12.3 Å². The molecule has 0 spiro atoms. The van der Waals surface area contributed by atoms with Crippen LogP contribution < -0.4 is 10.1 Å². The number of carbonyl (C=O) groups is 1. The van der Waals surface area contributed by atoms with Crippen LogP contribution in [-0.2, 0) is 4.79 Å². The molecule has 1 fully saturated rings. The van der Waals surface area contributed by atoms with Crippen LogP contribution in [0.4, 0.5) is 5.69 Å². The van der Waals surface area contributed by atoms with E-state index < -0.39 is 0 Å². The molecule has 98 valence electrons. The number of carbonyl (C=O) groups excluding carboxylic acids is 1. The summed E-state index contributed by atoms with van der Waals surface area (Å²) >= 11 is 0. The molecule has 0 bridgehead atoms. The van der Waals surface area contributed by atoms with Gasteiger partial charge in [-0.05, 0) is 45.2 Å². The molecule has 0 aliphatic heterocycles. The van der Waals surface area contributed by atoms with Crippen LogP contribution in [0.25, 0.3) is 0 Å². The van der Waals surface area contributed by atoms with Crippen molar-refractivity contribution in [1.29, 1.82) is 0 Å². The highest BCUT2D eigenvalue weighted by Gasteiger charge is 2.45. The first-order valence-electron chi connectivity index (χ1n) is 6.50. The third-order valence-electron chi connectivity index (χ3n) is 3.36. The Bertz CT molecular complexity index is 462. The molecular weight excluding hydrogens is 226 g/mol. The van der Waals surface area contributed by atoms with Gasteiger partial charge in [-0.15, -0.1) is 0 Å². The van der Waals surface area contributed by atoms with Crippen molar-refractivity contribution in [2.45, 2.75) is 46.6 Å². The van der Waals surface area contributed by atoms with Crippen molar-refractivity contribution >= 4 is 11.6 Å². The second kappa shape index (κ2) is 4.63. The molecule has 18 heavy (non-hydrogen) atoms. The summed E-state index contributed by atoms with van der Waals surface area (Å²) in [5.41, 5.74) is 1.66. The van der Waals surface area contributed by atoms with E-state index in [9.17, 15) is 4.79 Å². The molecule has 1 amide bonds. The second-order valence-corrected chi connectivity index (χ2v) is 5.63. The number of ether oxygens (including phenoxy) is 1. The van der Waals surface area contributed by atoms with Gasteiger partial charge in [0, 0.05) is 5.41 Å². The minimum absolute atomic E-state index is 0.0956. The zero-order chi connectivity index (χ0) is 13.3. The van der Waals surface area contributed by atoms with Crippen molar-refractivity contribution in [2.75, 3.05) is 5.32 Å². The molecular formula is C15H21NO2. The Hall–Kier alpha value is -1.51. The van der Waals surface area contributed by atoms with Gasteiger partial charge in [-0.25, -0.2) is 0 Å². The third-order valence-corrected chi connectivity index (χ3v) is 3.36. The Morgan fingerprint density at radius 1 is 1.39 bits per heavy atom.